The Morgan fingerprint density at radius 2 is 2.23 bits per heavy atom. The molecule has 0 aliphatic heterocycles. The third-order valence-electron chi connectivity index (χ3n) is 1.24. The Bertz CT molecular complexity index is 327. The molecule has 0 unspecified atom stereocenters. The van der Waals surface area contributed by atoms with Crippen LogP contribution in [0.3, 0.4) is 0 Å². The molecule has 0 radical (unpaired) electrons. The van der Waals surface area contributed by atoms with Crippen LogP contribution in [0.2, 0.25) is 5.02 Å². The lowest BCUT2D eigenvalue weighted by molar-refractivity contribution is -0.132. The van der Waals surface area contributed by atoms with Crippen molar-refractivity contribution in [2.45, 2.75) is 6.92 Å². The largest absolute Gasteiger partial charge is 0.481 e. The number of halogens is 1. The monoisotopic (exact) mass is 201 g/mol. The van der Waals surface area contributed by atoms with Gasteiger partial charge in [-0.15, -0.1) is 0 Å². The van der Waals surface area contributed by atoms with E-state index in [0.29, 0.717) is 5.88 Å². The van der Waals surface area contributed by atoms with E-state index in [-0.39, 0.29) is 10.9 Å². The van der Waals surface area contributed by atoms with E-state index in [0.717, 1.165) is 0 Å². The van der Waals surface area contributed by atoms with Gasteiger partial charge >= 0.3 is 5.97 Å². The van der Waals surface area contributed by atoms with Crippen molar-refractivity contribution in [2.24, 2.45) is 0 Å². The van der Waals surface area contributed by atoms with E-state index in [9.17, 15) is 4.79 Å². The van der Waals surface area contributed by atoms with E-state index in [1.165, 1.54) is 14.0 Å². The summed E-state index contributed by atoms with van der Waals surface area (Å²) in [6.45, 7) is 1.28. The molecule has 0 fully saturated rings. The molecule has 5 heteroatoms. The summed E-state index contributed by atoms with van der Waals surface area (Å²) in [5.74, 6) is -0.0585. The fraction of sp³-hybridized carbons (Fsp3) is 0.250. The first-order valence-corrected chi connectivity index (χ1v) is 3.90. The van der Waals surface area contributed by atoms with E-state index in [4.69, 9.17) is 21.1 Å². The molecule has 0 aliphatic carbocycles. The smallest absolute Gasteiger partial charge is 0.309 e. The van der Waals surface area contributed by atoms with Gasteiger partial charge in [0.1, 0.15) is 5.02 Å². The number of pyridine rings is 1. The Morgan fingerprint density at radius 3 is 2.77 bits per heavy atom. The number of carbonyl (C=O) groups excluding carboxylic acids is 1. The number of aromatic nitrogens is 1. The van der Waals surface area contributed by atoms with E-state index in [2.05, 4.69) is 4.98 Å². The topological polar surface area (TPSA) is 48.4 Å². The number of hydrogen-bond acceptors (Lipinski definition) is 4. The van der Waals surface area contributed by atoms with Gasteiger partial charge in [0, 0.05) is 13.0 Å². The van der Waals surface area contributed by atoms with Crippen LogP contribution < -0.4 is 9.47 Å². The van der Waals surface area contributed by atoms with Crippen LogP contribution in [-0.2, 0) is 4.79 Å². The molecular weight excluding hydrogens is 194 g/mol. The average molecular weight is 202 g/mol. The van der Waals surface area contributed by atoms with Gasteiger partial charge < -0.3 is 9.47 Å². The highest BCUT2D eigenvalue weighted by molar-refractivity contribution is 6.31. The lowest BCUT2D eigenvalue weighted by atomic mass is 10.5. The van der Waals surface area contributed by atoms with E-state index in [1.54, 1.807) is 12.1 Å². The zero-order valence-corrected chi connectivity index (χ0v) is 7.96. The van der Waals surface area contributed by atoms with Gasteiger partial charge in [-0.2, -0.15) is 4.98 Å². The molecule has 0 N–H and O–H groups in total. The Hall–Kier alpha value is -1.29. The van der Waals surface area contributed by atoms with E-state index >= 15 is 0 Å². The van der Waals surface area contributed by atoms with Gasteiger partial charge in [0.05, 0.1) is 7.11 Å². The Labute approximate surface area is 80.4 Å². The molecule has 0 aliphatic rings. The predicted octanol–water partition coefficient (Wildman–Crippen LogP) is 1.67. The maximum Gasteiger partial charge on any atom is 0.309 e. The van der Waals surface area contributed by atoms with Crippen LogP contribution in [0, 0.1) is 0 Å². The fourth-order valence-electron chi connectivity index (χ4n) is 0.728. The molecule has 1 aromatic heterocycles. The number of carbonyl (C=O) groups is 1. The van der Waals surface area contributed by atoms with E-state index in [1.807, 2.05) is 0 Å². The van der Waals surface area contributed by atoms with Crippen LogP contribution >= 0.6 is 11.6 Å². The second-order valence-corrected chi connectivity index (χ2v) is 2.64. The number of esters is 1. The molecule has 0 bridgehead atoms. The third-order valence-corrected chi connectivity index (χ3v) is 1.53. The predicted molar refractivity (Wildman–Crippen MR) is 47.1 cm³/mol. The van der Waals surface area contributed by atoms with Crippen LogP contribution in [0.5, 0.6) is 11.8 Å². The first-order valence-electron chi connectivity index (χ1n) is 3.52. The van der Waals surface area contributed by atoms with Crippen molar-refractivity contribution < 1.29 is 14.3 Å². The molecule has 1 heterocycles. The van der Waals surface area contributed by atoms with Gasteiger partial charge in [0.15, 0.2) is 0 Å². The minimum Gasteiger partial charge on any atom is -0.481 e. The summed E-state index contributed by atoms with van der Waals surface area (Å²) < 4.78 is 9.56. The van der Waals surface area contributed by atoms with Gasteiger partial charge in [0.2, 0.25) is 11.8 Å². The number of rotatable bonds is 2. The molecule has 1 aromatic rings. The minimum absolute atomic E-state index is 0.0634. The molecule has 0 amide bonds. The summed E-state index contributed by atoms with van der Waals surface area (Å²) in [6, 6.07) is 3.13. The summed E-state index contributed by atoms with van der Waals surface area (Å²) in [6.07, 6.45) is 0. The molecule has 4 nitrogen and oxygen atoms in total. The van der Waals surface area contributed by atoms with E-state index < -0.39 is 5.97 Å². The minimum atomic E-state index is -0.470. The second-order valence-electron chi connectivity index (χ2n) is 2.23. The SMILES string of the molecule is COc1ccc(Cl)c(OC(C)=O)n1. The maximum atomic E-state index is 10.6. The van der Waals surface area contributed by atoms with Gasteiger partial charge in [-0.3, -0.25) is 4.79 Å². The molecule has 1 rings (SSSR count). The standard InChI is InChI=1S/C8H8ClNO3/c1-5(11)13-8-6(9)3-4-7(10-8)12-2/h3-4H,1-2H3. The quantitative estimate of drug-likeness (QED) is 0.683. The second kappa shape index (κ2) is 4.09. The molecule has 0 aromatic carbocycles. The van der Waals surface area contributed by atoms with Crippen molar-refractivity contribution in [3.8, 4) is 11.8 Å². The summed E-state index contributed by atoms with van der Waals surface area (Å²) in [4.78, 5) is 14.4. The van der Waals surface area contributed by atoms with Crippen molar-refractivity contribution in [3.05, 3.63) is 17.2 Å². The third kappa shape index (κ3) is 2.59. The molecule has 0 saturated carbocycles. The zero-order valence-electron chi connectivity index (χ0n) is 7.20. The number of methoxy groups -OCH3 is 1. The van der Waals surface area contributed by atoms with Gasteiger partial charge in [-0.25, -0.2) is 0 Å². The lowest BCUT2D eigenvalue weighted by Crippen LogP contribution is -2.04. The van der Waals surface area contributed by atoms with Crippen LogP contribution in [0.4, 0.5) is 0 Å². The highest BCUT2D eigenvalue weighted by Crippen LogP contribution is 2.24. The van der Waals surface area contributed by atoms with Crippen molar-refractivity contribution in [1.82, 2.24) is 4.98 Å². The van der Waals surface area contributed by atoms with Crippen molar-refractivity contribution in [3.63, 3.8) is 0 Å². The molecule has 13 heavy (non-hydrogen) atoms. The Kier molecular flexibility index (Phi) is 3.08. The Morgan fingerprint density at radius 1 is 1.54 bits per heavy atom. The zero-order chi connectivity index (χ0) is 9.84. The van der Waals surface area contributed by atoms with Crippen molar-refractivity contribution in [2.75, 3.05) is 7.11 Å². The molecular formula is C8H8ClNO3. The van der Waals surface area contributed by atoms with Gasteiger partial charge in [-0.05, 0) is 6.07 Å². The normalized spacial score (nSPS) is 9.46. The van der Waals surface area contributed by atoms with Gasteiger partial charge in [0.25, 0.3) is 0 Å². The Balaban J connectivity index is 2.96. The van der Waals surface area contributed by atoms with Crippen molar-refractivity contribution >= 4 is 17.6 Å². The first-order chi connectivity index (χ1) is 6.13. The molecule has 0 atom stereocenters. The highest BCUT2D eigenvalue weighted by atomic mass is 35.5. The average Bonchev–Trinajstić information content (AvgIpc) is 2.08. The van der Waals surface area contributed by atoms with Crippen LogP contribution in [0.25, 0.3) is 0 Å². The van der Waals surface area contributed by atoms with Gasteiger partial charge in [-0.1, -0.05) is 11.6 Å². The first kappa shape index (κ1) is 9.80. The summed E-state index contributed by atoms with van der Waals surface area (Å²) in [5, 5.41) is 0.274. The van der Waals surface area contributed by atoms with Crippen LogP contribution in [0.1, 0.15) is 6.92 Å². The maximum absolute atomic E-state index is 10.6. The van der Waals surface area contributed by atoms with Crippen LogP contribution in [-0.4, -0.2) is 18.1 Å². The molecule has 70 valence electrons. The molecule has 0 spiro atoms. The van der Waals surface area contributed by atoms with Crippen molar-refractivity contribution in [1.29, 1.82) is 0 Å². The fourth-order valence-corrected chi connectivity index (χ4v) is 0.872. The van der Waals surface area contributed by atoms with Crippen LogP contribution in [0.15, 0.2) is 12.1 Å². The summed E-state index contributed by atoms with van der Waals surface area (Å²) >= 11 is 5.70. The number of hydrogen-bond donors (Lipinski definition) is 0. The summed E-state index contributed by atoms with van der Waals surface area (Å²) in [5.41, 5.74) is 0. The molecule has 0 saturated heterocycles. The lowest BCUT2D eigenvalue weighted by Gasteiger charge is -2.04. The number of ether oxygens (including phenoxy) is 2. The highest BCUT2D eigenvalue weighted by Gasteiger charge is 2.07. The summed E-state index contributed by atoms with van der Waals surface area (Å²) in [7, 11) is 1.47. The number of nitrogens with zero attached hydrogens (tertiary/aromatic N) is 1.